The lowest BCUT2D eigenvalue weighted by molar-refractivity contribution is -0.124. The fraction of sp³-hybridized carbons (Fsp3) is 0.273. The van der Waals surface area contributed by atoms with Gasteiger partial charge in [-0.15, -0.1) is 0 Å². The van der Waals surface area contributed by atoms with E-state index in [4.69, 9.17) is 4.74 Å². The number of hydrogen-bond acceptors (Lipinski definition) is 5. The first kappa shape index (κ1) is 21.2. The van der Waals surface area contributed by atoms with Crippen LogP contribution in [-0.2, 0) is 16.1 Å². The molecule has 8 heteroatoms. The fourth-order valence-electron chi connectivity index (χ4n) is 3.07. The van der Waals surface area contributed by atoms with Gasteiger partial charge in [0.2, 0.25) is 0 Å². The van der Waals surface area contributed by atoms with Gasteiger partial charge in [0.25, 0.3) is 11.5 Å². The Balaban J connectivity index is 1.72. The number of aromatic nitrogens is 2. The molecule has 0 bridgehead atoms. The maximum absolute atomic E-state index is 13.0. The van der Waals surface area contributed by atoms with E-state index in [2.05, 4.69) is 10.4 Å². The van der Waals surface area contributed by atoms with Crippen molar-refractivity contribution in [2.75, 3.05) is 6.61 Å². The molecule has 0 saturated heterocycles. The van der Waals surface area contributed by atoms with Gasteiger partial charge in [-0.05, 0) is 37.1 Å². The van der Waals surface area contributed by atoms with Gasteiger partial charge in [-0.2, -0.15) is 5.10 Å². The number of carbonyl (C=O) groups excluding carboxylic acids is 2. The summed E-state index contributed by atoms with van der Waals surface area (Å²) in [6, 6.07) is 12.0. The quantitative estimate of drug-likeness (QED) is 0.604. The first-order chi connectivity index (χ1) is 14.4. The molecule has 1 unspecified atom stereocenters. The number of ether oxygens (including phenoxy) is 1. The minimum atomic E-state index is -0.791. The van der Waals surface area contributed by atoms with Crippen LogP contribution in [0.3, 0.4) is 0 Å². The smallest absolute Gasteiger partial charge is 0.359 e. The maximum Gasteiger partial charge on any atom is 0.359 e. The summed E-state index contributed by atoms with van der Waals surface area (Å²) in [6.45, 7) is 3.49. The number of amides is 1. The molecule has 0 aliphatic carbocycles. The van der Waals surface area contributed by atoms with E-state index in [1.165, 1.54) is 16.8 Å². The molecule has 0 fully saturated rings. The van der Waals surface area contributed by atoms with E-state index in [-0.39, 0.29) is 23.1 Å². The van der Waals surface area contributed by atoms with Crippen LogP contribution in [0.25, 0.3) is 10.8 Å². The molecular weight excluding hydrogens is 389 g/mol. The third-order valence-electron chi connectivity index (χ3n) is 4.58. The standard InChI is InChI=1S/C22H22FN3O4/c1-3-12-26-21(28)18-7-5-4-6-17(18)20(25-26)22(29)30-13-19(27)24-14(2)15-8-10-16(23)11-9-15/h4-11,14H,3,12-13H2,1-2H3,(H,24,27). The van der Waals surface area contributed by atoms with Gasteiger partial charge >= 0.3 is 5.97 Å². The molecule has 0 spiro atoms. The number of nitrogens with zero attached hydrogens (tertiary/aromatic N) is 2. The highest BCUT2D eigenvalue weighted by Crippen LogP contribution is 2.15. The van der Waals surface area contributed by atoms with Crippen molar-refractivity contribution in [3.63, 3.8) is 0 Å². The van der Waals surface area contributed by atoms with E-state index in [0.29, 0.717) is 23.7 Å². The molecule has 30 heavy (non-hydrogen) atoms. The Hall–Kier alpha value is -3.55. The van der Waals surface area contributed by atoms with Gasteiger partial charge in [0.1, 0.15) is 5.82 Å². The van der Waals surface area contributed by atoms with E-state index in [1.807, 2.05) is 6.92 Å². The summed E-state index contributed by atoms with van der Waals surface area (Å²) in [5.74, 6) is -1.66. The minimum Gasteiger partial charge on any atom is -0.451 e. The Labute approximate surface area is 172 Å². The van der Waals surface area contributed by atoms with E-state index in [9.17, 15) is 18.8 Å². The van der Waals surface area contributed by atoms with Gasteiger partial charge < -0.3 is 10.1 Å². The van der Waals surface area contributed by atoms with Crippen LogP contribution >= 0.6 is 0 Å². The molecule has 0 aliphatic heterocycles. The van der Waals surface area contributed by atoms with Crippen molar-refractivity contribution in [2.45, 2.75) is 32.9 Å². The number of nitrogens with one attached hydrogen (secondary N) is 1. The monoisotopic (exact) mass is 411 g/mol. The second kappa shape index (κ2) is 9.30. The van der Waals surface area contributed by atoms with Gasteiger partial charge in [0.15, 0.2) is 12.3 Å². The average Bonchev–Trinajstić information content (AvgIpc) is 2.74. The molecule has 1 amide bonds. The highest BCUT2D eigenvalue weighted by Gasteiger charge is 2.19. The van der Waals surface area contributed by atoms with Crippen molar-refractivity contribution >= 4 is 22.6 Å². The van der Waals surface area contributed by atoms with Crippen molar-refractivity contribution < 1.29 is 18.7 Å². The zero-order valence-electron chi connectivity index (χ0n) is 16.7. The van der Waals surface area contributed by atoms with E-state index in [0.717, 1.165) is 5.56 Å². The number of fused-ring (bicyclic) bond motifs is 1. The van der Waals surface area contributed by atoms with Gasteiger partial charge in [-0.25, -0.2) is 13.9 Å². The van der Waals surface area contributed by atoms with E-state index < -0.39 is 18.5 Å². The molecule has 0 aliphatic rings. The Morgan fingerprint density at radius 2 is 1.80 bits per heavy atom. The van der Waals surface area contributed by atoms with E-state index >= 15 is 0 Å². The second-order valence-corrected chi connectivity index (χ2v) is 6.84. The van der Waals surface area contributed by atoms with Gasteiger partial charge in [0.05, 0.1) is 11.4 Å². The topological polar surface area (TPSA) is 90.3 Å². The average molecular weight is 411 g/mol. The molecule has 2 aromatic carbocycles. The highest BCUT2D eigenvalue weighted by atomic mass is 19.1. The summed E-state index contributed by atoms with van der Waals surface area (Å²) in [5.41, 5.74) is 0.420. The number of aryl methyl sites for hydroxylation is 1. The number of halogens is 1. The third kappa shape index (κ3) is 4.71. The molecule has 3 aromatic rings. The molecule has 1 aromatic heterocycles. The van der Waals surface area contributed by atoms with Crippen LogP contribution in [-0.4, -0.2) is 28.3 Å². The van der Waals surface area contributed by atoms with Crippen LogP contribution in [0.15, 0.2) is 53.3 Å². The third-order valence-corrected chi connectivity index (χ3v) is 4.58. The van der Waals surface area contributed by atoms with Gasteiger partial charge in [-0.3, -0.25) is 9.59 Å². The molecule has 156 valence electrons. The summed E-state index contributed by atoms with van der Waals surface area (Å²) in [5, 5.41) is 7.57. The first-order valence-electron chi connectivity index (χ1n) is 9.62. The van der Waals surface area contributed by atoms with Crippen molar-refractivity contribution in [3.05, 3.63) is 76.0 Å². The zero-order valence-corrected chi connectivity index (χ0v) is 16.7. The molecule has 0 radical (unpaired) electrons. The Morgan fingerprint density at radius 1 is 1.13 bits per heavy atom. The number of rotatable bonds is 7. The van der Waals surface area contributed by atoms with Crippen LogP contribution in [0.2, 0.25) is 0 Å². The summed E-state index contributed by atoms with van der Waals surface area (Å²) in [6.07, 6.45) is 0.670. The first-order valence-corrected chi connectivity index (χ1v) is 9.62. The second-order valence-electron chi connectivity index (χ2n) is 6.84. The van der Waals surface area contributed by atoms with Crippen LogP contribution in [0.5, 0.6) is 0 Å². The Morgan fingerprint density at radius 3 is 2.47 bits per heavy atom. The maximum atomic E-state index is 13.0. The normalized spacial score (nSPS) is 11.8. The number of hydrogen-bond donors (Lipinski definition) is 1. The lowest BCUT2D eigenvalue weighted by Crippen LogP contribution is -2.32. The lowest BCUT2D eigenvalue weighted by atomic mass is 10.1. The number of carbonyl (C=O) groups is 2. The van der Waals surface area contributed by atoms with Crippen LogP contribution in [0.1, 0.15) is 42.4 Å². The van der Waals surface area contributed by atoms with E-state index in [1.54, 1.807) is 43.3 Å². The van der Waals surface area contributed by atoms with Crippen molar-refractivity contribution in [3.8, 4) is 0 Å². The SMILES string of the molecule is CCCn1nc(C(=O)OCC(=O)NC(C)c2ccc(F)cc2)c2ccccc2c1=O. The van der Waals surface area contributed by atoms with Crippen LogP contribution in [0, 0.1) is 5.82 Å². The largest absolute Gasteiger partial charge is 0.451 e. The minimum absolute atomic E-state index is 0.0157. The lowest BCUT2D eigenvalue weighted by Gasteiger charge is -2.14. The summed E-state index contributed by atoms with van der Waals surface area (Å²) < 4.78 is 19.4. The predicted octanol–water partition coefficient (Wildman–Crippen LogP) is 2.98. The van der Waals surface area contributed by atoms with Gasteiger partial charge in [0, 0.05) is 11.9 Å². The Kier molecular flexibility index (Phi) is 6.56. The number of benzene rings is 2. The molecule has 1 heterocycles. The zero-order chi connectivity index (χ0) is 21.7. The van der Waals surface area contributed by atoms with Crippen LogP contribution in [0.4, 0.5) is 4.39 Å². The molecular formula is C22H22FN3O4. The predicted molar refractivity (Wildman–Crippen MR) is 110 cm³/mol. The Bertz CT molecular complexity index is 1130. The molecule has 1 N–H and O–H groups in total. The van der Waals surface area contributed by atoms with Crippen molar-refractivity contribution in [2.24, 2.45) is 0 Å². The summed E-state index contributed by atoms with van der Waals surface area (Å²) in [4.78, 5) is 37.3. The number of esters is 1. The van der Waals surface area contributed by atoms with Crippen LogP contribution < -0.4 is 10.9 Å². The molecule has 1 atom stereocenters. The molecule has 7 nitrogen and oxygen atoms in total. The molecule has 3 rings (SSSR count). The molecule has 0 saturated carbocycles. The summed E-state index contributed by atoms with van der Waals surface area (Å²) in [7, 11) is 0. The van der Waals surface area contributed by atoms with Gasteiger partial charge in [-0.1, -0.05) is 37.3 Å². The summed E-state index contributed by atoms with van der Waals surface area (Å²) >= 11 is 0. The fourth-order valence-corrected chi connectivity index (χ4v) is 3.07. The van der Waals surface area contributed by atoms with Crippen molar-refractivity contribution in [1.29, 1.82) is 0 Å². The highest BCUT2D eigenvalue weighted by molar-refractivity contribution is 6.02. The van der Waals surface area contributed by atoms with Crippen molar-refractivity contribution in [1.82, 2.24) is 15.1 Å².